The second-order valence-electron chi connectivity index (χ2n) is 11.1. The lowest BCUT2D eigenvalue weighted by molar-refractivity contribution is 0.434. The molecule has 0 aliphatic rings. The van der Waals surface area contributed by atoms with Crippen LogP contribution >= 0.6 is 11.8 Å². The maximum absolute atomic E-state index is 11.1. The molecule has 0 heterocycles. The van der Waals surface area contributed by atoms with E-state index in [1.165, 1.54) is 11.1 Å². The predicted octanol–water partition coefficient (Wildman–Crippen LogP) is 7.97. The average molecular weight is 431 g/mol. The van der Waals surface area contributed by atoms with Gasteiger partial charge in [-0.25, -0.2) is 0 Å². The standard InChI is InChI=1S/C25H38O2SSi/c1-16-12-18(24(3,4)5)22(26)20(14-16)28-21-15-17(2)13-19(25(6,7)8)23(21)27-29(9,10)11/h12-15,26H,1-11H3. The fourth-order valence-corrected chi connectivity index (χ4v) is 5.38. The summed E-state index contributed by atoms with van der Waals surface area (Å²) < 4.78 is 6.62. The first kappa shape index (κ1) is 23.9. The van der Waals surface area contributed by atoms with Crippen LogP contribution in [0.2, 0.25) is 19.6 Å². The summed E-state index contributed by atoms with van der Waals surface area (Å²) in [6, 6.07) is 8.60. The van der Waals surface area contributed by atoms with Crippen LogP contribution in [0, 0.1) is 13.8 Å². The molecule has 0 aliphatic heterocycles. The topological polar surface area (TPSA) is 29.5 Å². The first-order valence-corrected chi connectivity index (χ1v) is 14.6. The van der Waals surface area contributed by atoms with Crippen LogP contribution < -0.4 is 4.43 Å². The Morgan fingerprint density at radius 1 is 0.759 bits per heavy atom. The highest BCUT2D eigenvalue weighted by Gasteiger charge is 2.28. The van der Waals surface area contributed by atoms with E-state index in [1.807, 2.05) is 0 Å². The molecule has 0 saturated heterocycles. The molecule has 0 aliphatic carbocycles. The minimum atomic E-state index is -1.82. The Morgan fingerprint density at radius 3 is 1.66 bits per heavy atom. The molecule has 4 heteroatoms. The highest BCUT2D eigenvalue weighted by molar-refractivity contribution is 7.99. The van der Waals surface area contributed by atoms with Crippen LogP contribution in [0.5, 0.6) is 11.5 Å². The fraction of sp³-hybridized carbons (Fsp3) is 0.520. The van der Waals surface area contributed by atoms with E-state index in [4.69, 9.17) is 4.43 Å². The molecule has 0 spiro atoms. The highest BCUT2D eigenvalue weighted by atomic mass is 32.2. The summed E-state index contributed by atoms with van der Waals surface area (Å²) >= 11 is 1.62. The zero-order valence-corrected chi connectivity index (χ0v) is 21.9. The molecule has 0 saturated carbocycles. The largest absolute Gasteiger partial charge is 0.543 e. The zero-order chi connectivity index (χ0) is 22.4. The summed E-state index contributed by atoms with van der Waals surface area (Å²) in [5.74, 6) is 1.36. The Kier molecular flexibility index (Phi) is 6.61. The summed E-state index contributed by atoms with van der Waals surface area (Å²) in [4.78, 5) is 1.97. The van der Waals surface area contributed by atoms with Gasteiger partial charge < -0.3 is 9.53 Å². The number of hydrogen-bond acceptors (Lipinski definition) is 3. The van der Waals surface area contributed by atoms with Crippen molar-refractivity contribution in [1.82, 2.24) is 0 Å². The maximum Gasteiger partial charge on any atom is 0.242 e. The number of aromatic hydroxyl groups is 1. The number of benzene rings is 2. The van der Waals surface area contributed by atoms with Gasteiger partial charge in [0.2, 0.25) is 8.32 Å². The van der Waals surface area contributed by atoms with Gasteiger partial charge in [-0.05, 0) is 73.1 Å². The lowest BCUT2D eigenvalue weighted by Crippen LogP contribution is -2.31. The van der Waals surface area contributed by atoms with Gasteiger partial charge >= 0.3 is 0 Å². The summed E-state index contributed by atoms with van der Waals surface area (Å²) in [6.45, 7) is 24.0. The SMILES string of the molecule is Cc1cc(Sc2cc(C)cc(C(C)(C)C)c2O[Si](C)(C)C)c(O)c(C(C)(C)C)c1. The second kappa shape index (κ2) is 8.03. The molecule has 2 aromatic carbocycles. The Balaban J connectivity index is 2.70. The van der Waals surface area contributed by atoms with Crippen LogP contribution in [0.25, 0.3) is 0 Å². The van der Waals surface area contributed by atoms with Crippen molar-refractivity contribution in [3.8, 4) is 11.5 Å². The number of phenols is 1. The fourth-order valence-electron chi connectivity index (χ4n) is 3.30. The lowest BCUT2D eigenvalue weighted by atomic mass is 9.85. The first-order valence-electron chi connectivity index (χ1n) is 10.3. The molecule has 0 unspecified atom stereocenters. The molecule has 2 nitrogen and oxygen atoms in total. The molecule has 0 fully saturated rings. The number of hydrogen-bond donors (Lipinski definition) is 1. The van der Waals surface area contributed by atoms with Crippen LogP contribution in [-0.2, 0) is 10.8 Å². The van der Waals surface area contributed by atoms with Gasteiger partial charge in [0.05, 0.1) is 9.79 Å². The van der Waals surface area contributed by atoms with E-state index in [2.05, 4.69) is 99.3 Å². The molecule has 0 amide bonds. The van der Waals surface area contributed by atoms with E-state index < -0.39 is 8.32 Å². The third kappa shape index (κ3) is 6.05. The molecule has 2 aromatic rings. The highest BCUT2D eigenvalue weighted by Crippen LogP contribution is 2.47. The van der Waals surface area contributed by atoms with Gasteiger partial charge in [0.1, 0.15) is 11.5 Å². The van der Waals surface area contributed by atoms with E-state index >= 15 is 0 Å². The lowest BCUT2D eigenvalue weighted by Gasteiger charge is -2.30. The van der Waals surface area contributed by atoms with Crippen molar-refractivity contribution in [2.24, 2.45) is 0 Å². The summed E-state index contributed by atoms with van der Waals surface area (Å²) in [6.07, 6.45) is 0. The van der Waals surface area contributed by atoms with Crippen molar-refractivity contribution < 1.29 is 9.53 Å². The summed E-state index contributed by atoms with van der Waals surface area (Å²) in [7, 11) is -1.82. The number of rotatable bonds is 4. The van der Waals surface area contributed by atoms with Crippen LogP contribution in [0.4, 0.5) is 0 Å². The third-order valence-corrected chi connectivity index (χ3v) is 6.53. The second-order valence-corrected chi connectivity index (χ2v) is 16.6. The van der Waals surface area contributed by atoms with Crippen LogP contribution in [0.3, 0.4) is 0 Å². The molecule has 2 rings (SSSR count). The van der Waals surface area contributed by atoms with Crippen molar-refractivity contribution in [1.29, 1.82) is 0 Å². The normalized spacial score (nSPS) is 12.9. The zero-order valence-electron chi connectivity index (χ0n) is 20.1. The Labute approximate surface area is 183 Å². The molecular formula is C25H38O2SSi. The van der Waals surface area contributed by atoms with Gasteiger partial charge in [-0.15, -0.1) is 0 Å². The molecule has 0 atom stereocenters. The number of aryl methyl sites for hydroxylation is 2. The quantitative estimate of drug-likeness (QED) is 0.499. The van der Waals surface area contributed by atoms with E-state index in [-0.39, 0.29) is 10.8 Å². The van der Waals surface area contributed by atoms with Gasteiger partial charge in [0, 0.05) is 5.56 Å². The molecule has 0 aromatic heterocycles. The smallest absolute Gasteiger partial charge is 0.242 e. The maximum atomic E-state index is 11.1. The molecule has 29 heavy (non-hydrogen) atoms. The minimum absolute atomic E-state index is 0.0263. The number of phenolic OH excluding ortho intramolecular Hbond substituents is 1. The van der Waals surface area contributed by atoms with Crippen molar-refractivity contribution in [2.45, 2.75) is 95.7 Å². The predicted molar refractivity (Wildman–Crippen MR) is 130 cm³/mol. The van der Waals surface area contributed by atoms with Gasteiger partial charge in [0.25, 0.3) is 0 Å². The van der Waals surface area contributed by atoms with E-state index in [0.717, 1.165) is 26.7 Å². The van der Waals surface area contributed by atoms with E-state index in [1.54, 1.807) is 11.8 Å². The van der Waals surface area contributed by atoms with Crippen molar-refractivity contribution in [3.05, 3.63) is 46.5 Å². The van der Waals surface area contributed by atoms with E-state index in [9.17, 15) is 5.11 Å². The van der Waals surface area contributed by atoms with E-state index in [0.29, 0.717) is 5.75 Å². The van der Waals surface area contributed by atoms with Crippen LogP contribution in [-0.4, -0.2) is 13.4 Å². The van der Waals surface area contributed by atoms with Crippen molar-refractivity contribution >= 4 is 20.1 Å². The van der Waals surface area contributed by atoms with Crippen LogP contribution in [0.1, 0.15) is 63.8 Å². The van der Waals surface area contributed by atoms with Gasteiger partial charge in [-0.1, -0.05) is 65.4 Å². The summed E-state index contributed by atoms with van der Waals surface area (Å²) in [5.41, 5.74) is 4.44. The van der Waals surface area contributed by atoms with Gasteiger partial charge in [-0.2, -0.15) is 0 Å². The summed E-state index contributed by atoms with van der Waals surface area (Å²) in [5, 5.41) is 11.1. The third-order valence-electron chi connectivity index (χ3n) is 4.66. The molecule has 0 radical (unpaired) electrons. The Bertz CT molecular complexity index is 897. The molecule has 1 N–H and O–H groups in total. The van der Waals surface area contributed by atoms with Crippen molar-refractivity contribution in [3.63, 3.8) is 0 Å². The van der Waals surface area contributed by atoms with Gasteiger partial charge in [-0.3, -0.25) is 0 Å². The molecule has 0 bridgehead atoms. The minimum Gasteiger partial charge on any atom is -0.543 e. The monoisotopic (exact) mass is 430 g/mol. The Hall–Kier alpha value is -1.39. The first-order chi connectivity index (χ1) is 13.0. The molecular weight excluding hydrogens is 392 g/mol. The van der Waals surface area contributed by atoms with Gasteiger partial charge in [0.15, 0.2) is 0 Å². The van der Waals surface area contributed by atoms with Crippen molar-refractivity contribution in [2.75, 3.05) is 0 Å². The average Bonchev–Trinajstić information content (AvgIpc) is 2.49. The molecule has 160 valence electrons. The Morgan fingerprint density at radius 2 is 1.21 bits per heavy atom. The van der Waals surface area contributed by atoms with Crippen LogP contribution in [0.15, 0.2) is 34.1 Å².